The number of nitrogens with zero attached hydrogens (tertiary/aromatic N) is 3. The molecule has 4 rings (SSSR count). The zero-order chi connectivity index (χ0) is 19.3. The van der Waals surface area contributed by atoms with Crippen LogP contribution in [-0.4, -0.2) is 40.2 Å². The molecule has 1 aliphatic heterocycles. The summed E-state index contributed by atoms with van der Waals surface area (Å²) in [6.07, 6.45) is 2.20. The van der Waals surface area contributed by atoms with Gasteiger partial charge >= 0.3 is 0 Å². The number of aromatic nitrogens is 2. The summed E-state index contributed by atoms with van der Waals surface area (Å²) in [5.74, 6) is 1.44. The number of amides is 1. The molecule has 1 fully saturated rings. The summed E-state index contributed by atoms with van der Waals surface area (Å²) in [5, 5.41) is 8.34. The molecule has 2 aromatic carbocycles. The van der Waals surface area contributed by atoms with Gasteiger partial charge in [-0.25, -0.2) is 0 Å². The number of carbonyl (C=O) groups is 1. The Morgan fingerprint density at radius 2 is 1.71 bits per heavy atom. The van der Waals surface area contributed by atoms with Crippen LogP contribution in [0.1, 0.15) is 26.2 Å². The Bertz CT molecular complexity index is 933. The predicted molar refractivity (Wildman–Crippen MR) is 106 cm³/mol. The van der Waals surface area contributed by atoms with Crippen molar-refractivity contribution in [1.29, 1.82) is 0 Å². The quantitative estimate of drug-likeness (QED) is 0.644. The Labute approximate surface area is 164 Å². The van der Waals surface area contributed by atoms with Gasteiger partial charge in [0, 0.05) is 18.7 Å². The fourth-order valence-electron chi connectivity index (χ4n) is 3.38. The molecule has 0 saturated carbocycles. The first-order valence-electron chi connectivity index (χ1n) is 9.70. The van der Waals surface area contributed by atoms with Crippen LogP contribution in [0.15, 0.2) is 59.0 Å². The molecule has 3 aromatic rings. The maximum atomic E-state index is 12.8. The van der Waals surface area contributed by atoms with Gasteiger partial charge in [0.05, 0.1) is 5.56 Å². The fraction of sp³-hybridized carbons (Fsp3) is 0.318. The first-order valence-corrected chi connectivity index (χ1v) is 9.70. The van der Waals surface area contributed by atoms with Gasteiger partial charge in [-0.2, -0.15) is 0 Å². The number of benzene rings is 2. The molecule has 0 radical (unpaired) electrons. The summed E-state index contributed by atoms with van der Waals surface area (Å²) in [7, 11) is 0. The molecule has 0 bridgehead atoms. The van der Waals surface area contributed by atoms with Crippen LogP contribution in [0, 0.1) is 0 Å². The van der Waals surface area contributed by atoms with E-state index in [1.165, 1.54) is 0 Å². The first-order chi connectivity index (χ1) is 13.8. The van der Waals surface area contributed by atoms with Gasteiger partial charge in [0.2, 0.25) is 5.89 Å². The highest BCUT2D eigenvalue weighted by molar-refractivity contribution is 5.81. The van der Waals surface area contributed by atoms with Crippen molar-refractivity contribution in [3.05, 3.63) is 54.6 Å². The molecule has 144 valence electrons. The van der Waals surface area contributed by atoms with Crippen LogP contribution in [0.4, 0.5) is 0 Å². The minimum absolute atomic E-state index is 0.0466. The van der Waals surface area contributed by atoms with Crippen molar-refractivity contribution in [3.63, 3.8) is 0 Å². The molecule has 1 aromatic heterocycles. The number of hydrogen-bond donors (Lipinski definition) is 0. The van der Waals surface area contributed by atoms with Crippen molar-refractivity contribution in [2.24, 2.45) is 0 Å². The van der Waals surface area contributed by atoms with Crippen LogP contribution >= 0.6 is 0 Å². The van der Waals surface area contributed by atoms with Gasteiger partial charge < -0.3 is 14.1 Å². The smallest absolute Gasteiger partial charge is 0.263 e. The number of para-hydroxylation sites is 1. The number of rotatable bonds is 6. The monoisotopic (exact) mass is 377 g/mol. The molecule has 1 saturated heterocycles. The Kier molecular flexibility index (Phi) is 5.37. The summed E-state index contributed by atoms with van der Waals surface area (Å²) >= 11 is 0. The molecule has 6 nitrogen and oxygen atoms in total. The van der Waals surface area contributed by atoms with Crippen LogP contribution < -0.4 is 4.74 Å². The van der Waals surface area contributed by atoms with E-state index in [4.69, 9.17) is 9.15 Å². The minimum atomic E-state index is -0.518. The van der Waals surface area contributed by atoms with Crippen LogP contribution in [-0.2, 0) is 4.79 Å². The van der Waals surface area contributed by atoms with E-state index >= 15 is 0 Å². The molecule has 0 unspecified atom stereocenters. The van der Waals surface area contributed by atoms with Crippen molar-refractivity contribution in [2.75, 3.05) is 13.1 Å². The second-order valence-electron chi connectivity index (χ2n) is 6.82. The maximum Gasteiger partial charge on any atom is 0.263 e. The average molecular weight is 377 g/mol. The van der Waals surface area contributed by atoms with E-state index in [2.05, 4.69) is 10.2 Å². The van der Waals surface area contributed by atoms with Gasteiger partial charge in [-0.15, -0.1) is 10.2 Å². The lowest BCUT2D eigenvalue weighted by atomic mass is 10.2. The summed E-state index contributed by atoms with van der Waals surface area (Å²) in [6, 6.07) is 17.1. The van der Waals surface area contributed by atoms with Crippen LogP contribution in [0.5, 0.6) is 5.75 Å². The number of carbonyl (C=O) groups excluding carboxylic acids is 1. The second kappa shape index (κ2) is 8.25. The van der Waals surface area contributed by atoms with Crippen molar-refractivity contribution < 1.29 is 13.9 Å². The normalized spacial score (nSPS) is 14.8. The highest BCUT2D eigenvalue weighted by atomic mass is 16.5. The SMILES string of the molecule is CC[C@@H](Oc1ccccc1-c1nnc(-c2ccccc2)o1)C(=O)N1CCCC1. The predicted octanol–water partition coefficient (Wildman–Crippen LogP) is 4.18. The van der Waals surface area contributed by atoms with Gasteiger partial charge in [0.15, 0.2) is 6.10 Å². The Hall–Kier alpha value is -3.15. The van der Waals surface area contributed by atoms with Crippen molar-refractivity contribution in [1.82, 2.24) is 15.1 Å². The average Bonchev–Trinajstić information content (AvgIpc) is 3.45. The summed E-state index contributed by atoms with van der Waals surface area (Å²) < 4.78 is 12.0. The fourth-order valence-corrected chi connectivity index (χ4v) is 3.38. The van der Waals surface area contributed by atoms with E-state index in [1.54, 1.807) is 0 Å². The third-order valence-electron chi connectivity index (χ3n) is 4.90. The van der Waals surface area contributed by atoms with Gasteiger partial charge in [-0.05, 0) is 43.5 Å². The summed E-state index contributed by atoms with van der Waals surface area (Å²) in [4.78, 5) is 14.7. The summed E-state index contributed by atoms with van der Waals surface area (Å²) in [6.45, 7) is 3.58. The molecule has 0 aliphatic carbocycles. The van der Waals surface area contributed by atoms with Gasteiger partial charge in [0.25, 0.3) is 11.8 Å². The Morgan fingerprint density at radius 3 is 2.46 bits per heavy atom. The van der Waals surface area contributed by atoms with E-state index in [9.17, 15) is 4.79 Å². The molecule has 0 N–H and O–H groups in total. The lowest BCUT2D eigenvalue weighted by molar-refractivity contribution is -0.137. The zero-order valence-corrected chi connectivity index (χ0v) is 15.9. The molecule has 2 heterocycles. The van der Waals surface area contributed by atoms with E-state index < -0.39 is 6.10 Å². The molecular weight excluding hydrogens is 354 g/mol. The standard InChI is InChI=1S/C22H23N3O3/c1-2-18(22(26)25-14-8-9-15-25)27-19-13-7-6-12-17(19)21-24-23-20(28-21)16-10-4-3-5-11-16/h3-7,10-13,18H,2,8-9,14-15H2,1H3/t18-/m1/s1. The number of ether oxygens (including phenoxy) is 1. The van der Waals surface area contributed by atoms with Crippen LogP contribution in [0.2, 0.25) is 0 Å². The summed E-state index contributed by atoms with van der Waals surface area (Å²) in [5.41, 5.74) is 1.54. The molecule has 0 spiro atoms. The number of likely N-dealkylation sites (tertiary alicyclic amines) is 1. The third-order valence-corrected chi connectivity index (χ3v) is 4.90. The Balaban J connectivity index is 1.58. The van der Waals surface area contributed by atoms with Gasteiger partial charge in [0.1, 0.15) is 5.75 Å². The molecular formula is C22H23N3O3. The highest BCUT2D eigenvalue weighted by Gasteiger charge is 2.28. The van der Waals surface area contributed by atoms with Crippen molar-refractivity contribution in [2.45, 2.75) is 32.3 Å². The first kappa shape index (κ1) is 18.2. The lowest BCUT2D eigenvalue weighted by Crippen LogP contribution is -2.40. The van der Waals surface area contributed by atoms with E-state index in [0.717, 1.165) is 31.5 Å². The third kappa shape index (κ3) is 3.76. The number of hydrogen-bond acceptors (Lipinski definition) is 5. The van der Waals surface area contributed by atoms with Crippen LogP contribution in [0.3, 0.4) is 0 Å². The van der Waals surface area contributed by atoms with Crippen molar-refractivity contribution >= 4 is 5.91 Å². The van der Waals surface area contributed by atoms with Gasteiger partial charge in [-0.1, -0.05) is 37.3 Å². The molecule has 6 heteroatoms. The lowest BCUT2D eigenvalue weighted by Gasteiger charge is -2.23. The molecule has 1 aliphatic rings. The van der Waals surface area contributed by atoms with Crippen LogP contribution in [0.25, 0.3) is 22.9 Å². The van der Waals surface area contributed by atoms with Gasteiger partial charge in [-0.3, -0.25) is 4.79 Å². The topological polar surface area (TPSA) is 68.5 Å². The minimum Gasteiger partial charge on any atom is -0.480 e. The largest absolute Gasteiger partial charge is 0.480 e. The van der Waals surface area contributed by atoms with Crippen molar-refractivity contribution in [3.8, 4) is 28.7 Å². The molecule has 28 heavy (non-hydrogen) atoms. The second-order valence-corrected chi connectivity index (χ2v) is 6.82. The highest BCUT2D eigenvalue weighted by Crippen LogP contribution is 2.32. The molecule has 1 amide bonds. The Morgan fingerprint density at radius 1 is 1.04 bits per heavy atom. The zero-order valence-electron chi connectivity index (χ0n) is 15.9. The maximum absolute atomic E-state index is 12.8. The van der Waals surface area contributed by atoms with E-state index in [1.807, 2.05) is 66.4 Å². The van der Waals surface area contributed by atoms with E-state index in [0.29, 0.717) is 29.5 Å². The van der Waals surface area contributed by atoms with E-state index in [-0.39, 0.29) is 5.91 Å². The molecule has 1 atom stereocenters.